The quantitative estimate of drug-likeness (QED) is 0.805. The second-order valence-corrected chi connectivity index (χ2v) is 8.53. The fourth-order valence-corrected chi connectivity index (χ4v) is 5.63. The predicted octanol–water partition coefficient (Wildman–Crippen LogP) is 4.53. The summed E-state index contributed by atoms with van der Waals surface area (Å²) in [4.78, 5) is 5.70. The van der Waals surface area contributed by atoms with E-state index in [1.165, 1.54) is 82.3 Å². The molecule has 4 rings (SSSR count). The van der Waals surface area contributed by atoms with Crippen LogP contribution in [0.2, 0.25) is 0 Å². The van der Waals surface area contributed by atoms with E-state index < -0.39 is 0 Å². The molecule has 0 bridgehead atoms. The molecule has 3 fully saturated rings. The van der Waals surface area contributed by atoms with Crippen LogP contribution in [0.1, 0.15) is 61.6 Å². The van der Waals surface area contributed by atoms with E-state index in [4.69, 9.17) is 0 Å². The third-order valence-corrected chi connectivity index (χ3v) is 6.92. The van der Waals surface area contributed by atoms with Crippen LogP contribution in [0.15, 0.2) is 18.2 Å². The van der Waals surface area contributed by atoms with Crippen molar-refractivity contribution in [1.82, 2.24) is 9.80 Å². The van der Waals surface area contributed by atoms with Gasteiger partial charge in [0.1, 0.15) is 0 Å². The van der Waals surface area contributed by atoms with Gasteiger partial charge in [-0.3, -0.25) is 9.80 Å². The minimum atomic E-state index is 0.807. The molecule has 0 spiro atoms. The van der Waals surface area contributed by atoms with Crippen molar-refractivity contribution in [2.24, 2.45) is 5.92 Å². The van der Waals surface area contributed by atoms with Crippen LogP contribution in [0, 0.1) is 19.8 Å². The topological polar surface area (TPSA) is 6.48 Å². The van der Waals surface area contributed by atoms with E-state index in [1.807, 2.05) is 0 Å². The fraction of sp³-hybridized carbons (Fsp3) is 0.727. The van der Waals surface area contributed by atoms with Gasteiger partial charge in [0, 0.05) is 31.7 Å². The highest BCUT2D eigenvalue weighted by atomic mass is 15.3. The van der Waals surface area contributed by atoms with Crippen molar-refractivity contribution in [3.8, 4) is 0 Å². The number of fused-ring (bicyclic) bond motifs is 1. The molecule has 2 nitrogen and oxygen atoms in total. The van der Waals surface area contributed by atoms with Crippen molar-refractivity contribution in [2.45, 2.75) is 77.4 Å². The van der Waals surface area contributed by atoms with Crippen LogP contribution in [0.3, 0.4) is 0 Å². The van der Waals surface area contributed by atoms with Crippen molar-refractivity contribution in [1.29, 1.82) is 0 Å². The number of nitrogens with zero attached hydrogens (tertiary/aromatic N) is 2. The van der Waals surface area contributed by atoms with Crippen LogP contribution >= 0.6 is 0 Å². The number of hydrogen-bond donors (Lipinski definition) is 0. The summed E-state index contributed by atoms with van der Waals surface area (Å²) >= 11 is 0. The Balaban J connectivity index is 1.58. The lowest BCUT2D eigenvalue weighted by molar-refractivity contribution is -0.00389. The van der Waals surface area contributed by atoms with Crippen LogP contribution < -0.4 is 0 Å². The van der Waals surface area contributed by atoms with Crippen LogP contribution in [0.25, 0.3) is 0 Å². The smallest absolute Gasteiger partial charge is 0.0283 e. The van der Waals surface area contributed by atoms with Crippen molar-refractivity contribution >= 4 is 0 Å². The predicted molar refractivity (Wildman–Crippen MR) is 101 cm³/mol. The highest BCUT2D eigenvalue weighted by Crippen LogP contribution is 2.38. The summed E-state index contributed by atoms with van der Waals surface area (Å²) in [7, 11) is 0. The maximum absolute atomic E-state index is 2.88. The monoisotopic (exact) mass is 326 g/mol. The zero-order valence-electron chi connectivity index (χ0n) is 15.6. The summed E-state index contributed by atoms with van der Waals surface area (Å²) in [6.07, 6.45) is 10.2. The lowest BCUT2D eigenvalue weighted by Gasteiger charge is -2.49. The third kappa shape index (κ3) is 3.28. The summed E-state index contributed by atoms with van der Waals surface area (Å²) in [6.45, 7) is 9.60. The third-order valence-electron chi connectivity index (χ3n) is 6.92. The second kappa shape index (κ2) is 7.17. The Bertz CT molecular complexity index is 561. The van der Waals surface area contributed by atoms with E-state index in [0.29, 0.717) is 0 Å². The Morgan fingerprint density at radius 2 is 1.75 bits per heavy atom. The largest absolute Gasteiger partial charge is 0.298 e. The van der Waals surface area contributed by atoms with Gasteiger partial charge in [-0.1, -0.05) is 43.0 Å². The first kappa shape index (κ1) is 16.6. The van der Waals surface area contributed by atoms with Crippen molar-refractivity contribution in [3.63, 3.8) is 0 Å². The Kier molecular flexibility index (Phi) is 4.96. The van der Waals surface area contributed by atoms with Crippen molar-refractivity contribution < 1.29 is 0 Å². The molecule has 0 N–H and O–H groups in total. The number of benzene rings is 1. The first-order valence-corrected chi connectivity index (χ1v) is 10.3. The molecule has 3 aliphatic rings. The summed E-state index contributed by atoms with van der Waals surface area (Å²) < 4.78 is 0. The molecule has 1 aromatic carbocycles. The Morgan fingerprint density at radius 1 is 0.917 bits per heavy atom. The molecule has 0 amide bonds. The molecule has 0 radical (unpaired) electrons. The summed E-state index contributed by atoms with van der Waals surface area (Å²) in [5.41, 5.74) is 4.43. The molecule has 1 saturated carbocycles. The lowest BCUT2D eigenvalue weighted by Crippen LogP contribution is -2.59. The van der Waals surface area contributed by atoms with Gasteiger partial charge >= 0.3 is 0 Å². The average Bonchev–Trinajstić information content (AvgIpc) is 3.07. The van der Waals surface area contributed by atoms with E-state index >= 15 is 0 Å². The van der Waals surface area contributed by atoms with Gasteiger partial charge in [-0.25, -0.2) is 0 Å². The SMILES string of the molecule is Cc1ccc(C)c(CN2CCN3CCC[C@H]3[C@H]2C2CCCCC2)c1. The molecule has 0 unspecified atom stereocenters. The van der Waals surface area contributed by atoms with E-state index in [2.05, 4.69) is 41.8 Å². The summed E-state index contributed by atoms with van der Waals surface area (Å²) in [6, 6.07) is 8.64. The number of rotatable bonds is 3. The summed E-state index contributed by atoms with van der Waals surface area (Å²) in [5.74, 6) is 0.940. The van der Waals surface area contributed by atoms with Crippen LogP contribution in [0.4, 0.5) is 0 Å². The molecular weight excluding hydrogens is 292 g/mol. The number of hydrogen-bond acceptors (Lipinski definition) is 2. The van der Waals surface area contributed by atoms with Gasteiger partial charge in [0.25, 0.3) is 0 Å². The fourth-order valence-electron chi connectivity index (χ4n) is 5.63. The normalized spacial score (nSPS) is 29.8. The summed E-state index contributed by atoms with van der Waals surface area (Å²) in [5, 5.41) is 0. The van der Waals surface area contributed by atoms with E-state index in [0.717, 1.165) is 18.0 Å². The zero-order valence-corrected chi connectivity index (χ0v) is 15.6. The van der Waals surface area contributed by atoms with E-state index in [9.17, 15) is 0 Å². The Morgan fingerprint density at radius 3 is 2.58 bits per heavy atom. The average molecular weight is 327 g/mol. The van der Waals surface area contributed by atoms with Gasteiger partial charge in [-0.2, -0.15) is 0 Å². The highest BCUT2D eigenvalue weighted by Gasteiger charge is 2.42. The zero-order chi connectivity index (χ0) is 16.5. The first-order chi connectivity index (χ1) is 11.7. The molecule has 132 valence electrons. The van der Waals surface area contributed by atoms with Crippen LogP contribution in [-0.2, 0) is 6.54 Å². The Hall–Kier alpha value is -0.860. The minimum Gasteiger partial charge on any atom is -0.298 e. The molecule has 2 atom stereocenters. The maximum atomic E-state index is 2.88. The van der Waals surface area contributed by atoms with Gasteiger partial charge in [0.05, 0.1) is 0 Å². The van der Waals surface area contributed by atoms with Gasteiger partial charge in [0.2, 0.25) is 0 Å². The molecule has 1 aliphatic carbocycles. The van der Waals surface area contributed by atoms with Crippen LogP contribution in [0.5, 0.6) is 0 Å². The van der Waals surface area contributed by atoms with Crippen LogP contribution in [-0.4, -0.2) is 41.5 Å². The van der Waals surface area contributed by atoms with Gasteiger partial charge in [-0.05, 0) is 63.1 Å². The minimum absolute atomic E-state index is 0.807. The van der Waals surface area contributed by atoms with Gasteiger partial charge in [-0.15, -0.1) is 0 Å². The van der Waals surface area contributed by atoms with Crippen molar-refractivity contribution in [3.05, 3.63) is 34.9 Å². The first-order valence-electron chi connectivity index (χ1n) is 10.3. The molecule has 2 heteroatoms. The molecule has 1 aromatic rings. The molecule has 2 aliphatic heterocycles. The molecule has 2 saturated heterocycles. The molecule has 0 aromatic heterocycles. The van der Waals surface area contributed by atoms with E-state index in [-0.39, 0.29) is 0 Å². The van der Waals surface area contributed by atoms with Crippen molar-refractivity contribution in [2.75, 3.05) is 19.6 Å². The molecule has 24 heavy (non-hydrogen) atoms. The number of aryl methyl sites for hydroxylation is 2. The van der Waals surface area contributed by atoms with E-state index in [1.54, 1.807) is 5.56 Å². The lowest BCUT2D eigenvalue weighted by atomic mass is 9.78. The number of piperazine rings is 1. The van der Waals surface area contributed by atoms with Gasteiger partial charge in [0.15, 0.2) is 0 Å². The maximum Gasteiger partial charge on any atom is 0.0283 e. The molecular formula is C22H34N2. The highest BCUT2D eigenvalue weighted by molar-refractivity contribution is 5.30. The Labute approximate surface area is 148 Å². The standard InChI is InChI=1S/C22H34N2/c1-17-10-11-18(2)20(15-17)16-24-14-13-23-12-6-9-21(23)22(24)19-7-4-3-5-8-19/h10-11,15,19,21-22H,3-9,12-14,16H2,1-2H3/t21-,22+/m0/s1. The molecule has 2 heterocycles. The van der Waals surface area contributed by atoms with Gasteiger partial charge < -0.3 is 0 Å². The second-order valence-electron chi connectivity index (χ2n) is 8.53.